The number of nitrogens with one attached hydrogen (secondary N) is 1. The topological polar surface area (TPSA) is 37.4 Å². The van der Waals surface area contributed by atoms with Crippen molar-refractivity contribution in [1.29, 1.82) is 0 Å². The highest BCUT2D eigenvalue weighted by Gasteiger charge is 2.19. The lowest BCUT2D eigenvalue weighted by Gasteiger charge is -2.18. The Balaban J connectivity index is 0.00000156. The molecule has 0 amide bonds. The quantitative estimate of drug-likeness (QED) is 0.934. The van der Waals surface area contributed by atoms with E-state index in [1.165, 1.54) is 24.0 Å². The lowest BCUT2D eigenvalue weighted by molar-refractivity contribution is 0.276. The third kappa shape index (κ3) is 3.59. The maximum atomic E-state index is 5.92. The van der Waals surface area contributed by atoms with Crippen molar-refractivity contribution < 1.29 is 4.74 Å². The molecule has 1 saturated heterocycles. The average molecular weight is 332 g/mol. The zero-order chi connectivity index (χ0) is 14.8. The van der Waals surface area contributed by atoms with E-state index in [4.69, 9.17) is 4.74 Å². The second-order valence-electron chi connectivity index (χ2n) is 6.11. The number of halogens is 1. The number of aromatic nitrogens is 1. The van der Waals surface area contributed by atoms with E-state index in [-0.39, 0.29) is 12.4 Å². The molecule has 4 nitrogen and oxygen atoms in total. The summed E-state index contributed by atoms with van der Waals surface area (Å²) < 4.78 is 5.92. The third-order valence-electron chi connectivity index (χ3n) is 4.52. The fourth-order valence-electron chi connectivity index (χ4n) is 3.27. The first-order valence-corrected chi connectivity index (χ1v) is 8.01. The predicted molar refractivity (Wildman–Crippen MR) is 94.3 cm³/mol. The summed E-state index contributed by atoms with van der Waals surface area (Å²) in [6.07, 6.45) is 6.18. The summed E-state index contributed by atoms with van der Waals surface area (Å²) in [5.74, 6) is 0.863. The Labute approximate surface area is 143 Å². The maximum absolute atomic E-state index is 5.92. The molecule has 2 aromatic rings. The molecular weight excluding hydrogens is 310 g/mol. The minimum Gasteiger partial charge on any atom is -0.490 e. The van der Waals surface area contributed by atoms with Gasteiger partial charge in [-0.05, 0) is 30.5 Å². The first-order chi connectivity index (χ1) is 10.9. The highest BCUT2D eigenvalue weighted by Crippen LogP contribution is 2.29. The van der Waals surface area contributed by atoms with Crippen molar-refractivity contribution in [3.8, 4) is 5.75 Å². The van der Waals surface area contributed by atoms with E-state index in [1.54, 1.807) is 0 Å². The Kier molecular flexibility index (Phi) is 5.03. The molecule has 3 heterocycles. The number of hydrogen-bond donors (Lipinski definition) is 1. The second kappa shape index (κ2) is 7.20. The Hall–Kier alpha value is -1.78. The van der Waals surface area contributed by atoms with Crippen LogP contribution < -0.4 is 15.0 Å². The minimum absolute atomic E-state index is 0. The fraction of sp³-hybridized carbons (Fsp3) is 0.389. The molecule has 1 fully saturated rings. The van der Waals surface area contributed by atoms with Crippen molar-refractivity contribution in [3.63, 3.8) is 0 Å². The molecule has 0 saturated carbocycles. The van der Waals surface area contributed by atoms with Gasteiger partial charge in [0.15, 0.2) is 0 Å². The highest BCUT2D eigenvalue weighted by molar-refractivity contribution is 5.85. The van der Waals surface area contributed by atoms with Gasteiger partial charge in [0.05, 0.1) is 18.1 Å². The smallest absolute Gasteiger partial charge is 0.139 e. The van der Waals surface area contributed by atoms with Crippen LogP contribution in [0.3, 0.4) is 0 Å². The standard InChI is InChI=1S/C18H21N3O.ClH/c1-2-5-15-12-21(11-14(15)4-1)17-8-18(10-19-9-17)22-13-16-6-3-7-20-16;/h1-2,4-5,8-10,16,20H,3,6-7,11-13H2;1H/t16-;/m0./s1. The van der Waals surface area contributed by atoms with Crippen LogP contribution in [0.4, 0.5) is 5.69 Å². The van der Waals surface area contributed by atoms with Crippen LogP contribution in [0.1, 0.15) is 24.0 Å². The third-order valence-corrected chi connectivity index (χ3v) is 4.52. The Bertz CT molecular complexity index is 633. The van der Waals surface area contributed by atoms with Crippen LogP contribution in [0, 0.1) is 0 Å². The normalized spacial score (nSPS) is 19.3. The summed E-state index contributed by atoms with van der Waals surface area (Å²) in [4.78, 5) is 6.70. The van der Waals surface area contributed by atoms with Gasteiger partial charge in [-0.3, -0.25) is 4.98 Å². The van der Waals surface area contributed by atoms with Crippen molar-refractivity contribution >= 4 is 18.1 Å². The molecule has 4 rings (SSSR count). The number of fused-ring (bicyclic) bond motifs is 1. The van der Waals surface area contributed by atoms with Crippen LogP contribution in [0.5, 0.6) is 5.75 Å². The van der Waals surface area contributed by atoms with Gasteiger partial charge in [0.25, 0.3) is 0 Å². The van der Waals surface area contributed by atoms with Crippen molar-refractivity contribution in [1.82, 2.24) is 10.3 Å². The van der Waals surface area contributed by atoms with Crippen LogP contribution in [0.2, 0.25) is 0 Å². The lowest BCUT2D eigenvalue weighted by Crippen LogP contribution is -2.28. The van der Waals surface area contributed by atoms with Crippen molar-refractivity contribution in [2.45, 2.75) is 32.0 Å². The summed E-state index contributed by atoms with van der Waals surface area (Å²) in [5.41, 5.74) is 3.95. The van der Waals surface area contributed by atoms with Crippen LogP contribution in [-0.4, -0.2) is 24.2 Å². The SMILES string of the molecule is Cl.c1ccc2c(c1)CN(c1cncc(OC[C@@H]3CCCN3)c1)C2. The van der Waals surface area contributed by atoms with Crippen LogP contribution in [0.25, 0.3) is 0 Å². The molecule has 2 aliphatic rings. The molecule has 2 aliphatic heterocycles. The summed E-state index contributed by atoms with van der Waals surface area (Å²) in [6, 6.07) is 11.2. The van der Waals surface area contributed by atoms with Crippen molar-refractivity contribution in [2.24, 2.45) is 0 Å². The predicted octanol–water partition coefficient (Wildman–Crippen LogP) is 3.15. The summed E-state index contributed by atoms with van der Waals surface area (Å²) in [7, 11) is 0. The van der Waals surface area contributed by atoms with Crippen LogP contribution in [-0.2, 0) is 13.1 Å². The summed E-state index contributed by atoms with van der Waals surface area (Å²) >= 11 is 0. The van der Waals surface area contributed by atoms with Gasteiger partial charge in [-0.25, -0.2) is 0 Å². The molecule has 1 N–H and O–H groups in total. The van der Waals surface area contributed by atoms with E-state index < -0.39 is 0 Å². The van der Waals surface area contributed by atoms with E-state index in [0.717, 1.165) is 37.7 Å². The molecule has 0 radical (unpaired) electrons. The minimum atomic E-state index is 0. The van der Waals surface area contributed by atoms with E-state index in [2.05, 4.69) is 45.5 Å². The molecule has 0 spiro atoms. The van der Waals surface area contributed by atoms with Gasteiger partial charge in [-0.15, -0.1) is 12.4 Å². The Morgan fingerprint density at radius 2 is 1.96 bits per heavy atom. The molecule has 1 atom stereocenters. The monoisotopic (exact) mass is 331 g/mol. The Morgan fingerprint density at radius 3 is 2.65 bits per heavy atom. The second-order valence-corrected chi connectivity index (χ2v) is 6.11. The maximum Gasteiger partial charge on any atom is 0.139 e. The van der Waals surface area contributed by atoms with Crippen molar-refractivity contribution in [3.05, 3.63) is 53.9 Å². The summed E-state index contributed by atoms with van der Waals surface area (Å²) in [6.45, 7) is 3.74. The molecule has 0 unspecified atom stereocenters. The van der Waals surface area contributed by atoms with Gasteiger partial charge >= 0.3 is 0 Å². The van der Waals surface area contributed by atoms with E-state index in [9.17, 15) is 0 Å². The van der Waals surface area contributed by atoms with Gasteiger partial charge in [0, 0.05) is 25.2 Å². The zero-order valence-electron chi connectivity index (χ0n) is 13.1. The van der Waals surface area contributed by atoms with E-state index in [0.29, 0.717) is 6.04 Å². The average Bonchev–Trinajstić information content (AvgIpc) is 3.22. The number of ether oxygens (including phenoxy) is 1. The number of rotatable bonds is 4. The molecule has 23 heavy (non-hydrogen) atoms. The van der Waals surface area contributed by atoms with Gasteiger partial charge < -0.3 is 15.0 Å². The first-order valence-electron chi connectivity index (χ1n) is 8.01. The van der Waals surface area contributed by atoms with Gasteiger partial charge in [-0.1, -0.05) is 24.3 Å². The highest BCUT2D eigenvalue weighted by atomic mass is 35.5. The molecule has 0 bridgehead atoms. The van der Waals surface area contributed by atoms with Crippen LogP contribution >= 0.6 is 12.4 Å². The molecule has 1 aromatic heterocycles. The lowest BCUT2D eigenvalue weighted by atomic mass is 10.1. The fourth-order valence-corrected chi connectivity index (χ4v) is 3.27. The molecule has 122 valence electrons. The van der Waals surface area contributed by atoms with Gasteiger partial charge in [-0.2, -0.15) is 0 Å². The summed E-state index contributed by atoms with van der Waals surface area (Å²) in [5, 5.41) is 3.45. The first kappa shape index (κ1) is 16.1. The number of hydrogen-bond acceptors (Lipinski definition) is 4. The molecule has 1 aromatic carbocycles. The largest absolute Gasteiger partial charge is 0.490 e. The zero-order valence-corrected chi connectivity index (χ0v) is 13.9. The van der Waals surface area contributed by atoms with Gasteiger partial charge in [0.1, 0.15) is 12.4 Å². The number of pyridine rings is 1. The van der Waals surface area contributed by atoms with Crippen LogP contribution in [0.15, 0.2) is 42.7 Å². The molecule has 5 heteroatoms. The van der Waals surface area contributed by atoms with Gasteiger partial charge in [0.2, 0.25) is 0 Å². The molecule has 0 aliphatic carbocycles. The van der Waals surface area contributed by atoms with E-state index >= 15 is 0 Å². The number of benzene rings is 1. The molecular formula is C18H22ClN3O. The van der Waals surface area contributed by atoms with E-state index in [1.807, 2.05) is 12.4 Å². The van der Waals surface area contributed by atoms with Crippen molar-refractivity contribution in [2.75, 3.05) is 18.1 Å². The Morgan fingerprint density at radius 1 is 1.17 bits per heavy atom. The number of nitrogens with zero attached hydrogens (tertiary/aromatic N) is 2. The number of anilines is 1.